The number of nitrogens with zero attached hydrogens (tertiary/aromatic N) is 1. The Bertz CT molecular complexity index is 681. The average molecular weight is 324 g/mol. The van der Waals surface area contributed by atoms with E-state index in [4.69, 9.17) is 4.74 Å². The van der Waals surface area contributed by atoms with Crippen molar-refractivity contribution in [2.24, 2.45) is 5.10 Å². The van der Waals surface area contributed by atoms with E-state index in [9.17, 15) is 4.79 Å². The Kier molecular flexibility index (Phi) is 7.02. The smallest absolute Gasteiger partial charge is 0.277 e. The van der Waals surface area contributed by atoms with Crippen LogP contribution in [0.15, 0.2) is 59.7 Å². The second kappa shape index (κ2) is 9.50. The fraction of sp³-hybridized carbons (Fsp3) is 0.300. The molecule has 0 aliphatic rings. The maximum absolute atomic E-state index is 12.0. The van der Waals surface area contributed by atoms with E-state index >= 15 is 0 Å². The summed E-state index contributed by atoms with van der Waals surface area (Å²) in [7, 11) is 0. The van der Waals surface area contributed by atoms with Crippen molar-refractivity contribution >= 4 is 11.6 Å². The number of hydrogen-bond donors (Lipinski definition) is 1. The van der Waals surface area contributed by atoms with Crippen LogP contribution in [0.5, 0.6) is 5.75 Å². The molecule has 0 unspecified atom stereocenters. The molecule has 0 spiro atoms. The van der Waals surface area contributed by atoms with Crippen molar-refractivity contribution in [2.45, 2.75) is 33.1 Å². The van der Waals surface area contributed by atoms with Gasteiger partial charge in [-0.25, -0.2) is 5.43 Å². The lowest BCUT2D eigenvalue weighted by Crippen LogP contribution is -2.26. The Morgan fingerprint density at radius 2 is 1.79 bits per heavy atom. The second-order valence-corrected chi connectivity index (χ2v) is 5.62. The van der Waals surface area contributed by atoms with E-state index in [1.165, 1.54) is 0 Å². The minimum atomic E-state index is -0.261. The fourth-order valence-corrected chi connectivity index (χ4v) is 2.26. The largest absolute Gasteiger partial charge is 0.483 e. The number of hydrazone groups is 1. The first-order valence-electron chi connectivity index (χ1n) is 8.30. The first-order valence-corrected chi connectivity index (χ1v) is 8.30. The van der Waals surface area contributed by atoms with Crippen LogP contribution in [0.3, 0.4) is 0 Å². The first-order chi connectivity index (χ1) is 11.7. The molecule has 0 aliphatic heterocycles. The van der Waals surface area contributed by atoms with Crippen molar-refractivity contribution in [1.29, 1.82) is 0 Å². The summed E-state index contributed by atoms with van der Waals surface area (Å²) in [5.74, 6) is 0.453. The van der Waals surface area contributed by atoms with Gasteiger partial charge in [-0.15, -0.1) is 0 Å². The van der Waals surface area contributed by atoms with E-state index < -0.39 is 0 Å². The van der Waals surface area contributed by atoms with Gasteiger partial charge in [-0.05, 0) is 37.0 Å². The molecule has 0 heterocycles. The molecule has 1 amide bonds. The Hall–Kier alpha value is -2.62. The molecule has 4 nitrogen and oxygen atoms in total. The Labute approximate surface area is 143 Å². The monoisotopic (exact) mass is 324 g/mol. The summed E-state index contributed by atoms with van der Waals surface area (Å²) in [5, 5.41) is 4.30. The van der Waals surface area contributed by atoms with Gasteiger partial charge in [0, 0.05) is 0 Å². The quantitative estimate of drug-likeness (QED) is 0.587. The standard InChI is InChI=1S/C20H24N2O2/c1-3-4-13-18(17-11-6-5-7-12-17)21-22-20(23)15-24-19-14-9-8-10-16(19)2/h5-12,14H,3-4,13,15H2,1-2H3,(H,22,23). The predicted molar refractivity (Wildman–Crippen MR) is 97.3 cm³/mol. The van der Waals surface area contributed by atoms with Crippen LogP contribution in [0.2, 0.25) is 0 Å². The number of aryl methyl sites for hydroxylation is 1. The molecule has 0 aliphatic carbocycles. The van der Waals surface area contributed by atoms with Crippen LogP contribution in [0.4, 0.5) is 0 Å². The van der Waals surface area contributed by atoms with Gasteiger partial charge in [-0.1, -0.05) is 61.9 Å². The number of ether oxygens (including phenoxy) is 1. The Balaban J connectivity index is 1.95. The molecule has 126 valence electrons. The van der Waals surface area contributed by atoms with Crippen molar-refractivity contribution in [2.75, 3.05) is 6.61 Å². The molecule has 0 atom stereocenters. The van der Waals surface area contributed by atoms with Crippen molar-refractivity contribution in [3.8, 4) is 5.75 Å². The number of unbranched alkanes of at least 4 members (excludes halogenated alkanes) is 1. The number of nitrogens with one attached hydrogen (secondary N) is 1. The van der Waals surface area contributed by atoms with Crippen LogP contribution in [-0.4, -0.2) is 18.2 Å². The molecule has 2 aromatic rings. The molecule has 2 aromatic carbocycles. The summed E-state index contributed by atoms with van der Waals surface area (Å²) >= 11 is 0. The van der Waals surface area contributed by atoms with Crippen LogP contribution in [0.25, 0.3) is 0 Å². The molecule has 0 saturated heterocycles. The second-order valence-electron chi connectivity index (χ2n) is 5.62. The maximum Gasteiger partial charge on any atom is 0.277 e. The van der Waals surface area contributed by atoms with Crippen LogP contribution in [0, 0.1) is 6.92 Å². The van der Waals surface area contributed by atoms with Crippen LogP contribution < -0.4 is 10.2 Å². The highest BCUT2D eigenvalue weighted by atomic mass is 16.5. The van der Waals surface area contributed by atoms with Crippen molar-refractivity contribution < 1.29 is 9.53 Å². The lowest BCUT2D eigenvalue weighted by molar-refractivity contribution is -0.123. The molecule has 2 rings (SSSR count). The molecule has 0 saturated carbocycles. The summed E-state index contributed by atoms with van der Waals surface area (Å²) in [6.07, 6.45) is 2.94. The van der Waals surface area contributed by atoms with Crippen LogP contribution in [0.1, 0.15) is 37.3 Å². The van der Waals surface area contributed by atoms with Gasteiger partial charge >= 0.3 is 0 Å². The average Bonchev–Trinajstić information content (AvgIpc) is 2.62. The van der Waals surface area contributed by atoms with E-state index in [-0.39, 0.29) is 12.5 Å². The summed E-state index contributed by atoms with van der Waals surface area (Å²) in [6, 6.07) is 17.5. The van der Waals surface area contributed by atoms with Gasteiger partial charge in [0.25, 0.3) is 5.91 Å². The maximum atomic E-state index is 12.0. The number of benzene rings is 2. The third-order valence-electron chi connectivity index (χ3n) is 3.64. The molecule has 0 radical (unpaired) electrons. The zero-order valence-corrected chi connectivity index (χ0v) is 14.3. The summed E-state index contributed by atoms with van der Waals surface area (Å²) in [4.78, 5) is 12.0. The number of hydrogen-bond acceptors (Lipinski definition) is 3. The minimum absolute atomic E-state index is 0.0514. The van der Waals surface area contributed by atoms with Gasteiger partial charge < -0.3 is 4.74 Å². The normalized spacial score (nSPS) is 11.2. The van der Waals surface area contributed by atoms with Crippen molar-refractivity contribution in [3.05, 3.63) is 65.7 Å². The molecular formula is C20H24N2O2. The van der Waals surface area contributed by atoms with E-state index in [0.29, 0.717) is 5.75 Å². The minimum Gasteiger partial charge on any atom is -0.483 e. The molecule has 1 N–H and O–H groups in total. The lowest BCUT2D eigenvalue weighted by atomic mass is 10.1. The van der Waals surface area contributed by atoms with Gasteiger partial charge in [-0.2, -0.15) is 5.10 Å². The molecule has 0 aromatic heterocycles. The molecule has 0 fully saturated rings. The molecular weight excluding hydrogens is 300 g/mol. The van der Waals surface area contributed by atoms with Gasteiger partial charge in [0.1, 0.15) is 5.75 Å². The molecule has 24 heavy (non-hydrogen) atoms. The van der Waals surface area contributed by atoms with Gasteiger partial charge in [0.15, 0.2) is 6.61 Å². The number of para-hydroxylation sites is 1. The van der Waals surface area contributed by atoms with Gasteiger partial charge in [0.05, 0.1) is 5.71 Å². The zero-order valence-electron chi connectivity index (χ0n) is 14.3. The van der Waals surface area contributed by atoms with E-state index in [2.05, 4.69) is 17.5 Å². The molecule has 0 bridgehead atoms. The summed E-state index contributed by atoms with van der Waals surface area (Å²) in [5.41, 5.74) is 5.53. The fourth-order valence-electron chi connectivity index (χ4n) is 2.26. The highest BCUT2D eigenvalue weighted by Crippen LogP contribution is 2.15. The summed E-state index contributed by atoms with van der Waals surface area (Å²) < 4.78 is 5.54. The number of carbonyl (C=O) groups excluding carboxylic acids is 1. The van der Waals surface area contributed by atoms with E-state index in [1.54, 1.807) is 0 Å². The topological polar surface area (TPSA) is 50.7 Å². The molecule has 4 heteroatoms. The third kappa shape index (κ3) is 5.54. The predicted octanol–water partition coefficient (Wildman–Crippen LogP) is 4.08. The third-order valence-corrected chi connectivity index (χ3v) is 3.64. The summed E-state index contributed by atoms with van der Waals surface area (Å²) in [6.45, 7) is 4.03. The van der Waals surface area contributed by atoms with Gasteiger partial charge in [0.2, 0.25) is 0 Å². The van der Waals surface area contributed by atoms with Crippen molar-refractivity contribution in [1.82, 2.24) is 5.43 Å². The first kappa shape index (κ1) is 17.7. The van der Waals surface area contributed by atoms with Gasteiger partial charge in [-0.3, -0.25) is 4.79 Å². The number of rotatable bonds is 8. The van der Waals surface area contributed by atoms with E-state index in [0.717, 1.165) is 36.1 Å². The Morgan fingerprint density at radius 3 is 2.50 bits per heavy atom. The Morgan fingerprint density at radius 1 is 1.08 bits per heavy atom. The highest BCUT2D eigenvalue weighted by Gasteiger charge is 2.06. The van der Waals surface area contributed by atoms with Crippen LogP contribution in [-0.2, 0) is 4.79 Å². The number of carbonyl (C=O) groups is 1. The SMILES string of the molecule is CCCCC(=NNC(=O)COc1ccccc1C)c1ccccc1. The highest BCUT2D eigenvalue weighted by molar-refractivity contribution is 6.01. The van der Waals surface area contributed by atoms with E-state index in [1.807, 2.05) is 61.5 Å². The van der Waals surface area contributed by atoms with Crippen LogP contribution >= 0.6 is 0 Å². The zero-order chi connectivity index (χ0) is 17.2. The van der Waals surface area contributed by atoms with Crippen molar-refractivity contribution in [3.63, 3.8) is 0 Å². The number of amides is 1. The lowest BCUT2D eigenvalue weighted by Gasteiger charge is -2.09.